The molecule has 85 heavy (non-hydrogen) atoms. The number of unbranched alkanes of at least 4 members (excludes halogenated alkanes) is 3. The van der Waals surface area contributed by atoms with Gasteiger partial charge in [-0.25, -0.2) is 0 Å². The lowest BCUT2D eigenvalue weighted by atomic mass is 10.0. The number of rotatable bonds is 57. The summed E-state index contributed by atoms with van der Waals surface area (Å²) >= 11 is 0.924. The van der Waals surface area contributed by atoms with Gasteiger partial charge in [-0.2, -0.15) is 0 Å². The number of carbonyl (C=O) groups excluding carboxylic acids is 11. The van der Waals surface area contributed by atoms with Crippen LogP contribution in [0.5, 0.6) is 0 Å². The molecule has 30 heteroatoms. The number of nitrogens with one attached hydrogen (secondary N) is 8. The Kier molecular flexibility index (Phi) is 56.3. The first-order valence-electron chi connectivity index (χ1n) is 29.4. The molecule has 0 aromatic carbocycles. The van der Waals surface area contributed by atoms with E-state index in [-0.39, 0.29) is 227 Å². The second kappa shape index (κ2) is 58.8. The van der Waals surface area contributed by atoms with Crippen LogP contribution in [0.1, 0.15) is 112 Å². The van der Waals surface area contributed by atoms with E-state index in [2.05, 4.69) is 42.5 Å². The summed E-state index contributed by atoms with van der Waals surface area (Å²) in [7, 11) is 0. The van der Waals surface area contributed by atoms with Crippen molar-refractivity contribution in [3.63, 3.8) is 0 Å². The number of amides is 10. The highest BCUT2D eigenvalue weighted by Crippen LogP contribution is 2.08. The Morgan fingerprint density at radius 2 is 0.682 bits per heavy atom. The van der Waals surface area contributed by atoms with Gasteiger partial charge in [0.15, 0.2) is 5.12 Å². The van der Waals surface area contributed by atoms with Crippen LogP contribution in [0.4, 0.5) is 0 Å². The van der Waals surface area contributed by atoms with E-state index in [1.54, 1.807) is 13.8 Å². The quantitative estimate of drug-likeness (QED) is 0.0315. The number of carbonyl (C=O) groups is 11. The van der Waals surface area contributed by atoms with Crippen molar-refractivity contribution in [1.29, 1.82) is 0 Å². The number of nitrogens with two attached hydrogens (primary N) is 2. The first-order valence-corrected chi connectivity index (χ1v) is 30.4. The third kappa shape index (κ3) is 57.3. The van der Waals surface area contributed by atoms with Gasteiger partial charge >= 0.3 is 0 Å². The van der Waals surface area contributed by atoms with Crippen molar-refractivity contribution in [3.05, 3.63) is 0 Å². The van der Waals surface area contributed by atoms with Crippen LogP contribution < -0.4 is 54.0 Å². The zero-order chi connectivity index (χ0) is 63.6. The van der Waals surface area contributed by atoms with Crippen LogP contribution in [-0.4, -0.2) is 228 Å². The van der Waals surface area contributed by atoms with Gasteiger partial charge in [-0.1, -0.05) is 52.3 Å². The minimum Gasteiger partial charge on any atom is -0.377 e. The molecule has 0 saturated carbocycles. The molecule has 0 fully saturated rings. The second-order valence-electron chi connectivity index (χ2n) is 18.9. The molecule has 0 spiro atoms. The molecule has 0 radical (unpaired) electrons. The van der Waals surface area contributed by atoms with Crippen LogP contribution >= 0.6 is 11.8 Å². The summed E-state index contributed by atoms with van der Waals surface area (Å²) < 4.78 is 42.8. The van der Waals surface area contributed by atoms with Crippen LogP contribution in [0.3, 0.4) is 0 Å². The predicted molar refractivity (Wildman–Crippen MR) is 316 cm³/mol. The van der Waals surface area contributed by atoms with E-state index in [4.69, 9.17) is 49.4 Å². The molecule has 0 aliphatic rings. The predicted octanol–water partition coefficient (Wildman–Crippen LogP) is -1.35. The summed E-state index contributed by atoms with van der Waals surface area (Å²) in [6.45, 7) is 12.6. The van der Waals surface area contributed by atoms with E-state index in [1.165, 1.54) is 6.92 Å². The Hall–Kier alpha value is -5.60. The number of primary amides is 2. The molecule has 0 aromatic heterocycles. The zero-order valence-corrected chi connectivity index (χ0v) is 51.8. The molecule has 0 rings (SSSR count). The van der Waals surface area contributed by atoms with Gasteiger partial charge < -0.3 is 91.9 Å². The number of ether oxygens (including phenoxy) is 8. The third-order valence-corrected chi connectivity index (χ3v) is 12.3. The molecule has 0 heterocycles. The number of thioether (sulfide) groups is 1. The summed E-state index contributed by atoms with van der Waals surface area (Å²) in [5.74, 6) is -3.68. The zero-order valence-electron chi connectivity index (χ0n) is 51.0. The molecular weight excluding hydrogens is 1140 g/mol. The van der Waals surface area contributed by atoms with E-state index in [9.17, 15) is 52.7 Å². The van der Waals surface area contributed by atoms with Crippen LogP contribution in [-0.2, 0) is 90.6 Å². The highest BCUT2D eigenvalue weighted by atomic mass is 32.2. The van der Waals surface area contributed by atoms with Gasteiger partial charge in [0.05, 0.1) is 85.0 Å². The van der Waals surface area contributed by atoms with Gasteiger partial charge in [0.25, 0.3) is 0 Å². The maximum absolute atomic E-state index is 13.1. The van der Waals surface area contributed by atoms with Crippen molar-refractivity contribution in [2.45, 2.75) is 118 Å². The first kappa shape index (κ1) is 81.5. The fourth-order valence-corrected chi connectivity index (χ4v) is 7.19. The SMILES string of the molecule is CC.CC(=O)SCC(=O)NCCOCCOCC(=O)NCCOCCOCC(=O)N[C@@H](CCCCNC(=O)CCCC(=O)NCCOCCOCC(=O)NCCOCCOCC(=O)NCCCC[C@H](C)C(N)=O)C(=O)NCCCC[C@H](C)C(N)=O. The summed E-state index contributed by atoms with van der Waals surface area (Å²) in [5.41, 5.74) is 10.6. The molecule has 0 bridgehead atoms. The standard InChI is InChI=1S/C53H96N10O19S.C2H6/c1-40(51(54)72)11-4-7-17-57-46(67)35-79-31-28-76-24-20-59-47(68)36-80-32-27-75-23-19-58-45(66)15-10-14-44(65)56-16-9-6-13-43(53(74)62-18-8-5-12-41(2)52(55)73)63-49(70)38-82-34-30-77-25-21-60-48(69)37-81-33-29-78-26-22-61-50(71)39-83-42(3)64;1-2/h40-41,43H,4-39H2,1-3H3,(H2,54,72)(H2,55,73)(H,56,65)(H,57,67)(H,58,66)(H,59,68)(H,60,69)(H,61,71)(H,62,74)(H,63,70);1-2H3/t40-,41-,43-;/m0./s1. The number of hydrogen-bond donors (Lipinski definition) is 10. The molecule has 0 aliphatic carbocycles. The molecule has 0 saturated heterocycles. The van der Waals surface area contributed by atoms with Crippen LogP contribution in [0.15, 0.2) is 0 Å². The van der Waals surface area contributed by atoms with E-state index < -0.39 is 11.9 Å². The minimum absolute atomic E-state index is 0.0543. The number of hydrogen-bond acceptors (Lipinski definition) is 20. The fraction of sp³-hybridized carbons (Fsp3) is 0.800. The molecule has 0 unspecified atom stereocenters. The van der Waals surface area contributed by atoms with E-state index >= 15 is 0 Å². The van der Waals surface area contributed by atoms with Gasteiger partial charge in [0, 0.05) is 77.4 Å². The van der Waals surface area contributed by atoms with Crippen LogP contribution in [0.25, 0.3) is 0 Å². The fourth-order valence-electron chi connectivity index (χ4n) is 6.75. The molecule has 492 valence electrons. The lowest BCUT2D eigenvalue weighted by molar-refractivity contribution is -0.132. The van der Waals surface area contributed by atoms with Crippen molar-refractivity contribution in [1.82, 2.24) is 42.5 Å². The van der Waals surface area contributed by atoms with Crippen molar-refractivity contribution < 1.29 is 90.6 Å². The molecule has 3 atom stereocenters. The van der Waals surface area contributed by atoms with Gasteiger partial charge in [0.1, 0.15) is 32.5 Å². The smallest absolute Gasteiger partial charge is 0.246 e. The van der Waals surface area contributed by atoms with Gasteiger partial charge in [-0.15, -0.1) is 0 Å². The van der Waals surface area contributed by atoms with Crippen LogP contribution in [0, 0.1) is 11.8 Å². The molecule has 0 aromatic rings. The Labute approximate surface area is 505 Å². The second-order valence-corrected chi connectivity index (χ2v) is 20.1. The summed E-state index contributed by atoms with van der Waals surface area (Å²) in [5, 5.41) is 21.6. The van der Waals surface area contributed by atoms with E-state index in [1.807, 2.05) is 13.8 Å². The summed E-state index contributed by atoms with van der Waals surface area (Å²) in [6.07, 6.45) is 5.95. The molecule has 12 N–H and O–H groups in total. The Bertz CT molecular complexity index is 1860. The average Bonchev–Trinajstić information content (AvgIpc) is 3.54. The minimum atomic E-state index is -0.872. The molecular formula is C55H102N10O19S. The summed E-state index contributed by atoms with van der Waals surface area (Å²) in [6, 6.07) is -0.872. The Morgan fingerprint density at radius 1 is 0.365 bits per heavy atom. The first-order chi connectivity index (χ1) is 40.9. The topological polar surface area (TPSA) is 410 Å². The lowest BCUT2D eigenvalue weighted by Gasteiger charge is -2.19. The Morgan fingerprint density at radius 3 is 1.07 bits per heavy atom. The van der Waals surface area contributed by atoms with Crippen molar-refractivity contribution in [2.24, 2.45) is 23.3 Å². The molecule has 0 aliphatic heterocycles. The highest BCUT2D eigenvalue weighted by molar-refractivity contribution is 8.14. The molecule has 29 nitrogen and oxygen atoms in total. The van der Waals surface area contributed by atoms with Gasteiger partial charge in [-0.3, -0.25) is 52.7 Å². The van der Waals surface area contributed by atoms with Crippen molar-refractivity contribution in [3.8, 4) is 0 Å². The van der Waals surface area contributed by atoms with Crippen molar-refractivity contribution in [2.75, 3.05) is 157 Å². The van der Waals surface area contributed by atoms with Gasteiger partial charge in [-0.05, 0) is 51.4 Å². The highest BCUT2D eigenvalue weighted by Gasteiger charge is 2.21. The third-order valence-electron chi connectivity index (χ3n) is 11.5. The maximum atomic E-state index is 13.1. The van der Waals surface area contributed by atoms with Crippen molar-refractivity contribution >= 4 is 75.9 Å². The largest absolute Gasteiger partial charge is 0.377 e. The van der Waals surface area contributed by atoms with Gasteiger partial charge in [0.2, 0.25) is 59.1 Å². The van der Waals surface area contributed by atoms with E-state index in [0.717, 1.165) is 24.6 Å². The monoisotopic (exact) mass is 1240 g/mol. The van der Waals surface area contributed by atoms with Crippen LogP contribution in [0.2, 0.25) is 0 Å². The molecule has 10 amide bonds. The summed E-state index contributed by atoms with van der Waals surface area (Å²) in [4.78, 5) is 131. The van der Waals surface area contributed by atoms with E-state index in [0.29, 0.717) is 64.6 Å². The lowest BCUT2D eigenvalue weighted by Crippen LogP contribution is -2.48. The Balaban J connectivity index is 0. The maximum Gasteiger partial charge on any atom is 0.246 e. The average molecular weight is 1240 g/mol. The normalized spacial score (nSPS) is 11.8.